The second kappa shape index (κ2) is 10.6. The van der Waals surface area contributed by atoms with Crippen molar-refractivity contribution in [3.8, 4) is 5.75 Å². The lowest BCUT2D eigenvalue weighted by Crippen LogP contribution is -2.20. The summed E-state index contributed by atoms with van der Waals surface area (Å²) in [6.07, 6.45) is 1.46. The highest BCUT2D eigenvalue weighted by Crippen LogP contribution is 2.17. The molecular weight excluding hydrogens is 470 g/mol. The first kappa shape index (κ1) is 21.5. The van der Waals surface area contributed by atoms with Crippen molar-refractivity contribution in [1.82, 2.24) is 5.43 Å². The van der Waals surface area contributed by atoms with Gasteiger partial charge in [-0.1, -0.05) is 39.7 Å². The number of benzene rings is 3. The molecule has 8 heteroatoms. The fraction of sp³-hybridized carbons (Fsp3) is 0.0455. The van der Waals surface area contributed by atoms with Gasteiger partial charge in [-0.25, -0.2) is 5.43 Å². The summed E-state index contributed by atoms with van der Waals surface area (Å²) in [7, 11) is 0. The molecular formula is C22H17BrClN3O3. The second-order valence-corrected chi connectivity index (χ2v) is 7.44. The first-order valence-corrected chi connectivity index (χ1v) is 10.0. The van der Waals surface area contributed by atoms with Crippen LogP contribution in [0.25, 0.3) is 0 Å². The molecule has 3 aromatic carbocycles. The molecule has 6 nitrogen and oxygen atoms in total. The topological polar surface area (TPSA) is 79.8 Å². The van der Waals surface area contributed by atoms with Crippen LogP contribution < -0.4 is 15.5 Å². The number of amides is 2. The summed E-state index contributed by atoms with van der Waals surface area (Å²) in [5.41, 5.74) is 4.19. The fourth-order valence-electron chi connectivity index (χ4n) is 2.42. The van der Waals surface area contributed by atoms with E-state index in [2.05, 4.69) is 31.8 Å². The largest absolute Gasteiger partial charge is 0.483 e. The van der Waals surface area contributed by atoms with Gasteiger partial charge < -0.3 is 10.1 Å². The van der Waals surface area contributed by atoms with Crippen LogP contribution in [0.1, 0.15) is 15.9 Å². The van der Waals surface area contributed by atoms with Crippen molar-refractivity contribution in [2.75, 3.05) is 11.9 Å². The summed E-state index contributed by atoms with van der Waals surface area (Å²) >= 11 is 9.15. The molecule has 0 aromatic heterocycles. The van der Waals surface area contributed by atoms with Crippen LogP contribution in [-0.4, -0.2) is 24.6 Å². The van der Waals surface area contributed by atoms with E-state index in [0.29, 0.717) is 27.6 Å². The molecule has 0 aliphatic carbocycles. The van der Waals surface area contributed by atoms with Crippen LogP contribution in [-0.2, 0) is 4.79 Å². The summed E-state index contributed by atoms with van der Waals surface area (Å²) in [5.74, 6) is -0.183. The number of carbonyl (C=O) groups excluding carboxylic acids is 2. The third kappa shape index (κ3) is 6.43. The minimum Gasteiger partial charge on any atom is -0.483 e. The van der Waals surface area contributed by atoms with Crippen LogP contribution in [0.3, 0.4) is 0 Å². The molecule has 0 unspecified atom stereocenters. The van der Waals surface area contributed by atoms with Crippen molar-refractivity contribution in [3.05, 3.63) is 93.4 Å². The zero-order valence-corrected chi connectivity index (χ0v) is 18.0. The monoisotopic (exact) mass is 485 g/mol. The number of anilines is 1. The Kier molecular flexibility index (Phi) is 7.59. The highest BCUT2D eigenvalue weighted by Gasteiger charge is 2.07. The van der Waals surface area contributed by atoms with Crippen LogP contribution >= 0.6 is 27.5 Å². The molecule has 0 saturated heterocycles. The number of hydrogen-bond acceptors (Lipinski definition) is 4. The van der Waals surface area contributed by atoms with E-state index in [1.807, 2.05) is 0 Å². The third-order valence-electron chi connectivity index (χ3n) is 3.88. The number of carbonyl (C=O) groups is 2. The summed E-state index contributed by atoms with van der Waals surface area (Å²) < 4.78 is 6.49. The Morgan fingerprint density at radius 3 is 2.43 bits per heavy atom. The molecule has 3 aromatic rings. The number of hydrogen-bond donors (Lipinski definition) is 2. The maximum atomic E-state index is 12.1. The van der Waals surface area contributed by atoms with Crippen molar-refractivity contribution >= 4 is 51.2 Å². The lowest BCUT2D eigenvalue weighted by atomic mass is 10.2. The average molecular weight is 487 g/mol. The van der Waals surface area contributed by atoms with Crippen LogP contribution in [0, 0.1) is 0 Å². The number of hydrazone groups is 1. The molecule has 0 fully saturated rings. The van der Waals surface area contributed by atoms with E-state index in [4.69, 9.17) is 16.3 Å². The summed E-state index contributed by atoms with van der Waals surface area (Å²) in [6.45, 7) is -0.182. The molecule has 0 saturated carbocycles. The lowest BCUT2D eigenvalue weighted by Gasteiger charge is -2.09. The highest BCUT2D eigenvalue weighted by atomic mass is 79.9. The number of halogens is 2. The van der Waals surface area contributed by atoms with E-state index < -0.39 is 0 Å². The molecule has 0 spiro atoms. The zero-order valence-electron chi connectivity index (χ0n) is 15.6. The van der Waals surface area contributed by atoms with E-state index in [-0.39, 0.29) is 18.4 Å². The van der Waals surface area contributed by atoms with Gasteiger partial charge in [-0.15, -0.1) is 0 Å². The van der Waals surface area contributed by atoms with Crippen LogP contribution in [0.15, 0.2) is 82.4 Å². The summed E-state index contributed by atoms with van der Waals surface area (Å²) in [4.78, 5) is 24.2. The van der Waals surface area contributed by atoms with Gasteiger partial charge in [0.05, 0.1) is 6.21 Å². The van der Waals surface area contributed by atoms with Crippen LogP contribution in [0.4, 0.5) is 5.69 Å². The number of nitrogens with zero attached hydrogens (tertiary/aromatic N) is 1. The molecule has 2 amide bonds. The van der Waals surface area contributed by atoms with Gasteiger partial charge in [0.25, 0.3) is 11.8 Å². The van der Waals surface area contributed by atoms with E-state index in [1.54, 1.807) is 72.8 Å². The average Bonchev–Trinajstić information content (AvgIpc) is 2.75. The fourth-order valence-corrected chi connectivity index (χ4v) is 2.81. The third-order valence-corrected chi connectivity index (χ3v) is 4.66. The molecule has 30 heavy (non-hydrogen) atoms. The molecule has 2 N–H and O–H groups in total. The smallest absolute Gasteiger partial charge is 0.271 e. The summed E-state index contributed by atoms with van der Waals surface area (Å²) in [5, 5.41) is 7.28. The Hall–Kier alpha value is -3.16. The molecule has 152 valence electrons. The number of ether oxygens (including phenoxy) is 1. The van der Waals surface area contributed by atoms with Gasteiger partial charge in [-0.05, 0) is 60.7 Å². The standard InChI is InChI=1S/C22H17BrClN3O3/c23-17-7-5-15(6-8-17)22(29)27-25-13-16-3-1-2-4-20(16)30-14-21(28)26-19-11-9-18(24)10-12-19/h1-13H,14H2,(H,26,28)(H,27,29)/b25-13+. The highest BCUT2D eigenvalue weighted by molar-refractivity contribution is 9.10. The van der Waals surface area contributed by atoms with Gasteiger partial charge in [0, 0.05) is 26.3 Å². The second-order valence-electron chi connectivity index (χ2n) is 6.09. The quantitative estimate of drug-likeness (QED) is 0.369. The van der Waals surface area contributed by atoms with Gasteiger partial charge >= 0.3 is 0 Å². The molecule has 0 bridgehead atoms. The number of rotatable bonds is 7. The van der Waals surface area contributed by atoms with Crippen molar-refractivity contribution in [3.63, 3.8) is 0 Å². The minimum atomic E-state index is -0.334. The van der Waals surface area contributed by atoms with Crippen molar-refractivity contribution in [1.29, 1.82) is 0 Å². The molecule has 0 atom stereocenters. The van der Waals surface area contributed by atoms with Gasteiger partial charge in [0.2, 0.25) is 0 Å². The van der Waals surface area contributed by atoms with Crippen molar-refractivity contribution < 1.29 is 14.3 Å². The first-order chi connectivity index (χ1) is 14.5. The Morgan fingerprint density at radius 1 is 1.00 bits per heavy atom. The normalized spacial score (nSPS) is 10.6. The Morgan fingerprint density at radius 2 is 1.70 bits per heavy atom. The van der Waals surface area contributed by atoms with Crippen LogP contribution in [0.5, 0.6) is 5.75 Å². The molecule has 3 rings (SSSR count). The van der Waals surface area contributed by atoms with Gasteiger partial charge in [0.1, 0.15) is 5.75 Å². The minimum absolute atomic E-state index is 0.182. The maximum Gasteiger partial charge on any atom is 0.271 e. The Bertz CT molecular complexity index is 1050. The lowest BCUT2D eigenvalue weighted by molar-refractivity contribution is -0.118. The predicted molar refractivity (Wildman–Crippen MR) is 121 cm³/mol. The molecule has 0 heterocycles. The van der Waals surface area contributed by atoms with Crippen molar-refractivity contribution in [2.24, 2.45) is 5.10 Å². The SMILES string of the molecule is O=C(COc1ccccc1/C=N/NC(=O)c1ccc(Br)cc1)Nc1ccc(Cl)cc1. The predicted octanol–water partition coefficient (Wildman–Crippen LogP) is 4.88. The first-order valence-electron chi connectivity index (χ1n) is 8.87. The molecule has 0 aliphatic heterocycles. The van der Waals surface area contributed by atoms with E-state index >= 15 is 0 Å². The molecule has 0 radical (unpaired) electrons. The van der Waals surface area contributed by atoms with E-state index in [0.717, 1.165) is 4.47 Å². The van der Waals surface area contributed by atoms with E-state index in [9.17, 15) is 9.59 Å². The van der Waals surface area contributed by atoms with E-state index in [1.165, 1.54) is 6.21 Å². The Labute approximate surface area is 187 Å². The van der Waals surface area contributed by atoms with Gasteiger partial charge in [0.15, 0.2) is 6.61 Å². The molecule has 0 aliphatic rings. The van der Waals surface area contributed by atoms with Crippen molar-refractivity contribution in [2.45, 2.75) is 0 Å². The number of para-hydroxylation sites is 1. The van der Waals surface area contributed by atoms with Crippen LogP contribution in [0.2, 0.25) is 5.02 Å². The number of nitrogens with one attached hydrogen (secondary N) is 2. The maximum absolute atomic E-state index is 12.1. The van der Waals surface area contributed by atoms with Gasteiger partial charge in [-0.3, -0.25) is 9.59 Å². The Balaban J connectivity index is 1.56. The van der Waals surface area contributed by atoms with Gasteiger partial charge in [-0.2, -0.15) is 5.10 Å². The summed E-state index contributed by atoms with van der Waals surface area (Å²) in [6, 6.07) is 20.8. The zero-order chi connectivity index (χ0) is 21.3.